The molecule has 0 aliphatic heterocycles. The molecule has 1 aromatic carbocycles. The summed E-state index contributed by atoms with van der Waals surface area (Å²) in [7, 11) is -3.82. The highest BCUT2D eigenvalue weighted by Gasteiger charge is 2.23. The topological polar surface area (TPSA) is 85.1 Å². The molecule has 0 bridgehead atoms. The molecule has 0 aliphatic rings. The number of halogens is 1. The Morgan fingerprint density at radius 2 is 1.95 bits per heavy atom. The van der Waals surface area contributed by atoms with Gasteiger partial charge in [-0.15, -0.1) is 0 Å². The second-order valence-electron chi connectivity index (χ2n) is 5.63. The van der Waals surface area contributed by atoms with Crippen LogP contribution < -0.4 is 4.72 Å². The molecule has 2 aromatic rings. The summed E-state index contributed by atoms with van der Waals surface area (Å²) in [6.07, 6.45) is 0. The Balaban J connectivity index is 2.15. The molecule has 1 N–H and O–H groups in total. The number of aromatic nitrogens is 2. The van der Waals surface area contributed by atoms with Crippen LogP contribution in [0.2, 0.25) is 0 Å². The van der Waals surface area contributed by atoms with Crippen molar-refractivity contribution in [2.75, 3.05) is 4.72 Å². The number of rotatable bonds is 4. The first-order chi connectivity index (χ1) is 9.67. The predicted octanol–water partition coefficient (Wildman–Crippen LogP) is 2.45. The van der Waals surface area contributed by atoms with E-state index in [0.29, 0.717) is 5.89 Å². The van der Waals surface area contributed by atoms with Crippen LogP contribution >= 0.6 is 0 Å². The fourth-order valence-corrected chi connectivity index (χ4v) is 2.64. The second kappa shape index (κ2) is 5.44. The van der Waals surface area contributed by atoms with E-state index in [1.54, 1.807) is 6.07 Å². The summed E-state index contributed by atoms with van der Waals surface area (Å²) in [6, 6.07) is 5.68. The molecule has 6 nitrogen and oxygen atoms in total. The molecule has 0 unspecified atom stereocenters. The maximum absolute atomic E-state index is 13.5. The highest BCUT2D eigenvalue weighted by Crippen LogP contribution is 2.21. The third-order valence-corrected chi connectivity index (χ3v) is 3.80. The van der Waals surface area contributed by atoms with Gasteiger partial charge in [-0.3, -0.25) is 0 Å². The van der Waals surface area contributed by atoms with E-state index in [1.807, 2.05) is 20.8 Å². The number of hydrogen-bond acceptors (Lipinski definition) is 5. The fourth-order valence-electron chi connectivity index (χ4n) is 1.56. The minimum Gasteiger partial charge on any atom is -0.337 e. The van der Waals surface area contributed by atoms with Gasteiger partial charge in [-0.25, -0.2) is 17.5 Å². The average Bonchev–Trinajstić information content (AvgIpc) is 2.79. The second-order valence-corrected chi connectivity index (χ2v) is 7.35. The largest absolute Gasteiger partial charge is 0.337 e. The van der Waals surface area contributed by atoms with E-state index in [9.17, 15) is 12.8 Å². The van der Waals surface area contributed by atoms with Gasteiger partial charge in [0.25, 0.3) is 5.95 Å². The Kier molecular flexibility index (Phi) is 3.99. The van der Waals surface area contributed by atoms with Crippen molar-refractivity contribution in [2.24, 2.45) is 0 Å². The Morgan fingerprint density at radius 1 is 1.29 bits per heavy atom. The van der Waals surface area contributed by atoms with E-state index in [2.05, 4.69) is 14.9 Å². The number of nitrogens with zero attached hydrogens (tertiary/aromatic N) is 2. The molecule has 1 aromatic heterocycles. The number of nitrogens with one attached hydrogen (secondary N) is 1. The molecule has 0 saturated carbocycles. The first-order valence-electron chi connectivity index (χ1n) is 6.25. The zero-order valence-electron chi connectivity index (χ0n) is 11.9. The van der Waals surface area contributed by atoms with Crippen LogP contribution in [0.3, 0.4) is 0 Å². The van der Waals surface area contributed by atoms with E-state index in [0.717, 1.165) is 0 Å². The van der Waals surface area contributed by atoms with Gasteiger partial charge < -0.3 is 4.52 Å². The van der Waals surface area contributed by atoms with Gasteiger partial charge in [-0.1, -0.05) is 39.0 Å². The quantitative estimate of drug-likeness (QED) is 0.937. The molecule has 0 atom stereocenters. The van der Waals surface area contributed by atoms with Crippen LogP contribution in [0, 0.1) is 5.82 Å². The Morgan fingerprint density at radius 3 is 2.52 bits per heavy atom. The van der Waals surface area contributed by atoms with Crippen LogP contribution in [0.25, 0.3) is 0 Å². The lowest BCUT2D eigenvalue weighted by molar-refractivity contribution is 0.321. The van der Waals surface area contributed by atoms with Crippen molar-refractivity contribution >= 4 is 16.0 Å². The smallest absolute Gasteiger partial charge is 0.277 e. The van der Waals surface area contributed by atoms with Crippen molar-refractivity contribution in [3.8, 4) is 0 Å². The monoisotopic (exact) mass is 313 g/mol. The zero-order chi connectivity index (χ0) is 15.7. The highest BCUT2D eigenvalue weighted by atomic mass is 32.2. The van der Waals surface area contributed by atoms with Gasteiger partial charge >= 0.3 is 0 Å². The van der Waals surface area contributed by atoms with Gasteiger partial charge in [0.05, 0.1) is 5.75 Å². The lowest BCUT2D eigenvalue weighted by Crippen LogP contribution is -2.17. The summed E-state index contributed by atoms with van der Waals surface area (Å²) >= 11 is 0. The molecule has 114 valence electrons. The molecule has 0 fully saturated rings. The number of benzene rings is 1. The van der Waals surface area contributed by atoms with Crippen LogP contribution in [-0.4, -0.2) is 18.6 Å². The Labute approximate surface area is 122 Å². The molecule has 21 heavy (non-hydrogen) atoms. The van der Waals surface area contributed by atoms with E-state index >= 15 is 0 Å². The first-order valence-corrected chi connectivity index (χ1v) is 7.91. The molecule has 2 rings (SSSR count). The summed E-state index contributed by atoms with van der Waals surface area (Å²) in [5, 5.41) is 3.56. The van der Waals surface area contributed by atoms with Crippen molar-refractivity contribution in [3.05, 3.63) is 41.5 Å². The molecule has 8 heteroatoms. The van der Waals surface area contributed by atoms with Crippen molar-refractivity contribution in [2.45, 2.75) is 31.9 Å². The van der Waals surface area contributed by atoms with Crippen LogP contribution in [0.5, 0.6) is 0 Å². The van der Waals surface area contributed by atoms with Gasteiger partial charge in [-0.2, -0.15) is 4.98 Å². The minimum absolute atomic E-state index is 0.0736. The molecule has 0 radical (unpaired) electrons. The van der Waals surface area contributed by atoms with E-state index in [1.165, 1.54) is 18.2 Å². The van der Waals surface area contributed by atoms with E-state index in [4.69, 9.17) is 4.52 Å². The van der Waals surface area contributed by atoms with Crippen LogP contribution in [0.15, 0.2) is 28.8 Å². The van der Waals surface area contributed by atoms with Crippen LogP contribution in [0.1, 0.15) is 32.2 Å². The number of sulfonamides is 1. The summed E-state index contributed by atoms with van der Waals surface area (Å²) in [5.74, 6) is -0.923. The van der Waals surface area contributed by atoms with E-state index < -0.39 is 21.6 Å². The average molecular weight is 313 g/mol. The van der Waals surface area contributed by atoms with Crippen molar-refractivity contribution in [1.82, 2.24) is 10.1 Å². The Hall–Kier alpha value is -1.96. The van der Waals surface area contributed by atoms with Gasteiger partial charge in [0.15, 0.2) is 0 Å². The zero-order valence-corrected chi connectivity index (χ0v) is 12.7. The van der Waals surface area contributed by atoms with Gasteiger partial charge in [0.1, 0.15) is 5.82 Å². The fraction of sp³-hybridized carbons (Fsp3) is 0.385. The van der Waals surface area contributed by atoms with Crippen LogP contribution in [0.4, 0.5) is 10.3 Å². The molecule has 0 aliphatic carbocycles. The number of anilines is 1. The van der Waals surface area contributed by atoms with E-state index in [-0.39, 0.29) is 16.9 Å². The summed E-state index contributed by atoms with van der Waals surface area (Å²) < 4.78 is 44.6. The molecular weight excluding hydrogens is 297 g/mol. The molecule has 0 spiro atoms. The van der Waals surface area contributed by atoms with Gasteiger partial charge in [0.2, 0.25) is 15.9 Å². The maximum Gasteiger partial charge on any atom is 0.277 e. The first kappa shape index (κ1) is 15.4. The highest BCUT2D eigenvalue weighted by molar-refractivity contribution is 7.91. The predicted molar refractivity (Wildman–Crippen MR) is 75.6 cm³/mol. The minimum atomic E-state index is -3.82. The van der Waals surface area contributed by atoms with Crippen molar-refractivity contribution < 1.29 is 17.3 Å². The van der Waals surface area contributed by atoms with Crippen LogP contribution in [-0.2, 0) is 21.2 Å². The SMILES string of the molecule is CC(C)(C)c1nc(NS(=O)(=O)Cc2ccccc2F)no1. The Bertz CT molecular complexity index is 735. The third-order valence-electron chi connectivity index (χ3n) is 2.62. The van der Waals surface area contributed by atoms with Crippen molar-refractivity contribution in [3.63, 3.8) is 0 Å². The molecular formula is C13H16FN3O3S. The normalized spacial score (nSPS) is 12.4. The lowest BCUT2D eigenvalue weighted by atomic mass is 9.97. The molecule has 0 saturated heterocycles. The summed E-state index contributed by atoms with van der Waals surface area (Å²) in [6.45, 7) is 5.58. The van der Waals surface area contributed by atoms with Gasteiger partial charge in [0, 0.05) is 11.0 Å². The maximum atomic E-state index is 13.5. The lowest BCUT2D eigenvalue weighted by Gasteiger charge is -2.10. The third kappa shape index (κ3) is 4.01. The van der Waals surface area contributed by atoms with Crippen molar-refractivity contribution in [1.29, 1.82) is 0 Å². The molecule has 1 heterocycles. The summed E-state index contributed by atoms with van der Waals surface area (Å²) in [5.41, 5.74) is -0.313. The summed E-state index contributed by atoms with van der Waals surface area (Å²) in [4.78, 5) is 3.97. The molecule has 0 amide bonds. The number of hydrogen-bond donors (Lipinski definition) is 1. The van der Waals surface area contributed by atoms with Gasteiger partial charge in [-0.05, 0) is 11.2 Å². The standard InChI is InChI=1S/C13H16FN3O3S/c1-13(2,3)11-15-12(16-20-11)17-21(18,19)8-9-6-4-5-7-10(9)14/h4-7H,8H2,1-3H3,(H,16,17).